The van der Waals surface area contributed by atoms with Crippen LogP contribution in [0.5, 0.6) is 0 Å². The third-order valence-electron chi connectivity index (χ3n) is 2.82. The van der Waals surface area contributed by atoms with E-state index in [1.807, 2.05) is 25.1 Å². The van der Waals surface area contributed by atoms with Gasteiger partial charge in [-0.25, -0.2) is 0 Å². The molecular weight excluding hydrogens is 176 g/mol. The average molecular weight is 190 g/mol. The summed E-state index contributed by atoms with van der Waals surface area (Å²) in [4.78, 5) is 11.5. The van der Waals surface area contributed by atoms with Crippen LogP contribution >= 0.6 is 0 Å². The number of rotatable bonds is 2. The van der Waals surface area contributed by atoms with Crippen molar-refractivity contribution in [1.29, 1.82) is 0 Å². The summed E-state index contributed by atoms with van der Waals surface area (Å²) in [6.45, 7) is 2.55. The molecule has 1 aliphatic rings. The van der Waals surface area contributed by atoms with Gasteiger partial charge in [-0.15, -0.1) is 0 Å². The molecule has 0 radical (unpaired) electrons. The van der Waals surface area contributed by atoms with Crippen molar-refractivity contribution in [3.63, 3.8) is 0 Å². The van der Waals surface area contributed by atoms with Crippen LogP contribution in [0, 0.1) is 5.41 Å². The number of benzene rings is 1. The highest BCUT2D eigenvalue weighted by molar-refractivity contribution is 5.78. The van der Waals surface area contributed by atoms with Gasteiger partial charge in [0.15, 0.2) is 0 Å². The van der Waals surface area contributed by atoms with Crippen molar-refractivity contribution in [2.75, 3.05) is 6.61 Å². The number of hydrogen-bond donors (Lipinski definition) is 0. The van der Waals surface area contributed by atoms with Gasteiger partial charge in [0.05, 0.1) is 12.0 Å². The molecule has 0 unspecified atom stereocenters. The highest BCUT2D eigenvalue weighted by Crippen LogP contribution is 2.32. The van der Waals surface area contributed by atoms with Crippen molar-refractivity contribution in [2.45, 2.75) is 19.8 Å². The standard InChI is InChI=1S/C12H14O2/c1-12(7-8-14-11(12)13)9-10-5-3-2-4-6-10/h2-6H,7-9H2,1H3/t12-/m0/s1. The topological polar surface area (TPSA) is 26.3 Å². The number of ether oxygens (including phenoxy) is 1. The molecular formula is C12H14O2. The van der Waals surface area contributed by atoms with E-state index in [1.54, 1.807) is 0 Å². The molecule has 14 heavy (non-hydrogen) atoms. The van der Waals surface area contributed by atoms with Crippen molar-refractivity contribution in [2.24, 2.45) is 5.41 Å². The molecule has 1 aliphatic heterocycles. The Morgan fingerprint density at radius 2 is 2.07 bits per heavy atom. The molecule has 74 valence electrons. The highest BCUT2D eigenvalue weighted by atomic mass is 16.5. The van der Waals surface area contributed by atoms with Gasteiger partial charge in [-0.2, -0.15) is 0 Å². The Balaban J connectivity index is 2.14. The fraction of sp³-hybridized carbons (Fsp3) is 0.417. The Morgan fingerprint density at radius 1 is 1.36 bits per heavy atom. The van der Waals surface area contributed by atoms with E-state index in [4.69, 9.17) is 4.74 Å². The smallest absolute Gasteiger partial charge is 0.312 e. The summed E-state index contributed by atoms with van der Waals surface area (Å²) in [5.74, 6) is -0.0543. The third kappa shape index (κ3) is 1.65. The molecule has 0 aliphatic carbocycles. The maximum atomic E-state index is 11.5. The monoisotopic (exact) mass is 190 g/mol. The van der Waals surface area contributed by atoms with E-state index in [9.17, 15) is 4.79 Å². The SMILES string of the molecule is C[C@@]1(Cc2ccccc2)CCOC1=O. The lowest BCUT2D eigenvalue weighted by atomic mass is 9.82. The molecule has 1 aromatic rings. The van der Waals surface area contributed by atoms with Crippen molar-refractivity contribution in [3.05, 3.63) is 35.9 Å². The molecule has 0 aromatic heterocycles. The molecule has 0 saturated carbocycles. The van der Waals surface area contributed by atoms with Gasteiger partial charge in [0.25, 0.3) is 0 Å². The maximum Gasteiger partial charge on any atom is 0.312 e. The predicted octanol–water partition coefficient (Wildman–Crippen LogP) is 2.18. The third-order valence-corrected chi connectivity index (χ3v) is 2.82. The van der Waals surface area contributed by atoms with E-state index in [2.05, 4.69) is 12.1 Å². The Bertz CT molecular complexity index is 331. The first-order chi connectivity index (χ1) is 6.71. The summed E-state index contributed by atoms with van der Waals surface area (Å²) in [5, 5.41) is 0. The van der Waals surface area contributed by atoms with Crippen molar-refractivity contribution in [3.8, 4) is 0 Å². The van der Waals surface area contributed by atoms with Crippen LogP contribution in [0.25, 0.3) is 0 Å². The maximum absolute atomic E-state index is 11.5. The molecule has 1 atom stereocenters. The van der Waals surface area contributed by atoms with Crippen LogP contribution in [-0.4, -0.2) is 12.6 Å². The minimum Gasteiger partial charge on any atom is -0.465 e. The molecule has 1 saturated heterocycles. The Hall–Kier alpha value is -1.31. The van der Waals surface area contributed by atoms with Crippen molar-refractivity contribution < 1.29 is 9.53 Å². The first-order valence-electron chi connectivity index (χ1n) is 4.92. The minimum atomic E-state index is -0.304. The molecule has 1 aromatic carbocycles. The van der Waals surface area contributed by atoms with Crippen LogP contribution < -0.4 is 0 Å². The van der Waals surface area contributed by atoms with E-state index in [-0.39, 0.29) is 11.4 Å². The van der Waals surface area contributed by atoms with Crippen LogP contribution in [0.1, 0.15) is 18.9 Å². The van der Waals surface area contributed by atoms with Gasteiger partial charge in [0.2, 0.25) is 0 Å². The zero-order valence-electron chi connectivity index (χ0n) is 8.32. The van der Waals surface area contributed by atoms with Gasteiger partial charge >= 0.3 is 5.97 Å². The van der Waals surface area contributed by atoms with Crippen LogP contribution in [0.4, 0.5) is 0 Å². The molecule has 1 heterocycles. The van der Waals surface area contributed by atoms with Gasteiger partial charge in [-0.1, -0.05) is 30.3 Å². The Labute approximate surface area is 83.9 Å². The number of esters is 1. The van der Waals surface area contributed by atoms with E-state index >= 15 is 0 Å². The Morgan fingerprint density at radius 3 is 2.64 bits per heavy atom. The summed E-state index contributed by atoms with van der Waals surface area (Å²) >= 11 is 0. The number of carbonyl (C=O) groups excluding carboxylic acids is 1. The second-order valence-corrected chi connectivity index (χ2v) is 4.11. The van der Waals surface area contributed by atoms with Crippen LogP contribution in [-0.2, 0) is 16.0 Å². The first-order valence-corrected chi connectivity index (χ1v) is 4.92. The zero-order chi connectivity index (χ0) is 10.0. The normalized spacial score (nSPS) is 26.2. The zero-order valence-corrected chi connectivity index (χ0v) is 8.32. The highest BCUT2D eigenvalue weighted by Gasteiger charge is 2.39. The second-order valence-electron chi connectivity index (χ2n) is 4.11. The Kier molecular flexibility index (Phi) is 2.28. The number of carbonyl (C=O) groups is 1. The first kappa shape index (κ1) is 9.25. The van der Waals surface area contributed by atoms with Gasteiger partial charge in [-0.05, 0) is 25.3 Å². The summed E-state index contributed by atoms with van der Waals surface area (Å²) < 4.78 is 5.00. The lowest BCUT2D eigenvalue weighted by Gasteiger charge is -2.18. The largest absolute Gasteiger partial charge is 0.465 e. The van der Waals surface area contributed by atoms with Crippen LogP contribution in [0.2, 0.25) is 0 Å². The van der Waals surface area contributed by atoms with E-state index in [0.717, 1.165) is 12.8 Å². The molecule has 0 spiro atoms. The lowest BCUT2D eigenvalue weighted by Crippen LogP contribution is -2.24. The van der Waals surface area contributed by atoms with Gasteiger partial charge < -0.3 is 4.74 Å². The second kappa shape index (κ2) is 3.45. The quantitative estimate of drug-likeness (QED) is 0.668. The van der Waals surface area contributed by atoms with Crippen LogP contribution in [0.15, 0.2) is 30.3 Å². The summed E-state index contributed by atoms with van der Waals surface area (Å²) in [7, 11) is 0. The van der Waals surface area contributed by atoms with E-state index < -0.39 is 0 Å². The summed E-state index contributed by atoms with van der Waals surface area (Å²) in [6, 6.07) is 10.1. The minimum absolute atomic E-state index is 0.0543. The van der Waals surface area contributed by atoms with E-state index in [0.29, 0.717) is 6.61 Å². The van der Waals surface area contributed by atoms with Crippen molar-refractivity contribution >= 4 is 5.97 Å². The summed E-state index contributed by atoms with van der Waals surface area (Å²) in [5.41, 5.74) is 0.898. The van der Waals surface area contributed by atoms with E-state index in [1.165, 1.54) is 5.56 Å². The van der Waals surface area contributed by atoms with Crippen molar-refractivity contribution in [1.82, 2.24) is 0 Å². The molecule has 0 N–H and O–H groups in total. The molecule has 2 rings (SSSR count). The fourth-order valence-corrected chi connectivity index (χ4v) is 1.85. The number of hydrogen-bond acceptors (Lipinski definition) is 2. The predicted molar refractivity (Wildman–Crippen MR) is 53.8 cm³/mol. The lowest BCUT2D eigenvalue weighted by molar-refractivity contribution is -0.145. The number of cyclic esters (lactones) is 1. The molecule has 2 heteroatoms. The van der Waals surface area contributed by atoms with Gasteiger partial charge in [-0.3, -0.25) is 4.79 Å². The van der Waals surface area contributed by atoms with Gasteiger partial charge in [0.1, 0.15) is 0 Å². The van der Waals surface area contributed by atoms with Crippen LogP contribution in [0.3, 0.4) is 0 Å². The summed E-state index contributed by atoms with van der Waals surface area (Å²) in [6.07, 6.45) is 1.62. The molecule has 2 nitrogen and oxygen atoms in total. The fourth-order valence-electron chi connectivity index (χ4n) is 1.85. The van der Waals surface area contributed by atoms with Gasteiger partial charge in [0, 0.05) is 0 Å². The molecule has 1 fully saturated rings. The average Bonchev–Trinajstić information content (AvgIpc) is 2.48. The molecule has 0 amide bonds. The molecule has 0 bridgehead atoms.